The van der Waals surface area contributed by atoms with E-state index in [1.54, 1.807) is 0 Å². The van der Waals surface area contributed by atoms with Gasteiger partial charge in [0.05, 0.1) is 0 Å². The molecule has 3 N–H and O–H groups in total. The number of urea groups is 1. The van der Waals surface area contributed by atoms with Crippen LogP contribution in [0.1, 0.15) is 12.8 Å². The first-order chi connectivity index (χ1) is 5.74. The van der Waals surface area contributed by atoms with Gasteiger partial charge in [0.15, 0.2) is 0 Å². The number of imide groups is 1. The zero-order chi connectivity index (χ0) is 8.97. The summed E-state index contributed by atoms with van der Waals surface area (Å²) in [5.74, 6) is -0.215. The van der Waals surface area contributed by atoms with Crippen molar-refractivity contribution in [3.63, 3.8) is 0 Å². The fourth-order valence-electron chi connectivity index (χ4n) is 1.11. The van der Waals surface area contributed by atoms with Gasteiger partial charge in [-0.15, -0.1) is 0 Å². The lowest BCUT2D eigenvalue weighted by Crippen LogP contribution is -2.29. The van der Waals surface area contributed by atoms with E-state index < -0.39 is 0 Å². The Morgan fingerprint density at radius 3 is 2.67 bits per heavy atom. The van der Waals surface area contributed by atoms with Crippen molar-refractivity contribution < 1.29 is 9.59 Å². The van der Waals surface area contributed by atoms with Gasteiger partial charge in [-0.25, -0.2) is 4.79 Å². The molecule has 3 amide bonds. The molecule has 1 heterocycles. The summed E-state index contributed by atoms with van der Waals surface area (Å²) >= 11 is 0. The fraction of sp³-hybridized carbons (Fsp3) is 0.714. The highest BCUT2D eigenvalue weighted by molar-refractivity contribution is 6.01. The van der Waals surface area contributed by atoms with Gasteiger partial charge in [0, 0.05) is 6.54 Å². The number of amides is 3. The van der Waals surface area contributed by atoms with Crippen LogP contribution in [0.25, 0.3) is 0 Å². The molecule has 0 aromatic heterocycles. The van der Waals surface area contributed by atoms with Crippen molar-refractivity contribution in [1.29, 1.82) is 0 Å². The molecule has 1 rings (SSSR count). The zero-order valence-electron chi connectivity index (χ0n) is 6.88. The van der Waals surface area contributed by atoms with E-state index >= 15 is 0 Å². The van der Waals surface area contributed by atoms with Gasteiger partial charge in [-0.1, -0.05) is 0 Å². The summed E-state index contributed by atoms with van der Waals surface area (Å²) in [6.45, 7) is 1.45. The lowest BCUT2D eigenvalue weighted by Gasteiger charge is -2.11. The van der Waals surface area contributed by atoms with Crippen LogP contribution in [0, 0.1) is 0 Å². The largest absolute Gasteiger partial charge is 0.330 e. The Hall–Kier alpha value is -1.10. The minimum atomic E-state index is -0.281. The van der Waals surface area contributed by atoms with E-state index in [2.05, 4.69) is 5.32 Å². The quantitative estimate of drug-likeness (QED) is 0.433. The van der Waals surface area contributed by atoms with Crippen molar-refractivity contribution in [3.05, 3.63) is 0 Å². The smallest absolute Gasteiger partial charge is 0.324 e. The third kappa shape index (κ3) is 2.20. The molecule has 0 unspecified atom stereocenters. The molecule has 0 atom stereocenters. The minimum absolute atomic E-state index is 0.198. The van der Waals surface area contributed by atoms with Crippen molar-refractivity contribution in [2.45, 2.75) is 12.8 Å². The average molecular weight is 171 g/mol. The molecule has 5 nitrogen and oxygen atoms in total. The number of hydrogen-bond acceptors (Lipinski definition) is 3. The Bertz CT molecular complexity index is 193. The summed E-state index contributed by atoms with van der Waals surface area (Å²) in [5.41, 5.74) is 5.29. The van der Waals surface area contributed by atoms with Crippen LogP contribution in [0.15, 0.2) is 0 Å². The van der Waals surface area contributed by atoms with Gasteiger partial charge >= 0.3 is 6.03 Å². The number of carbonyl (C=O) groups excluding carboxylic acids is 2. The summed E-state index contributed by atoms with van der Waals surface area (Å²) in [4.78, 5) is 23.1. The predicted octanol–water partition coefficient (Wildman–Crippen LogP) is -0.723. The van der Waals surface area contributed by atoms with Gasteiger partial charge < -0.3 is 10.6 Å². The van der Waals surface area contributed by atoms with E-state index in [0.717, 1.165) is 12.8 Å². The van der Waals surface area contributed by atoms with E-state index in [0.29, 0.717) is 13.1 Å². The Morgan fingerprint density at radius 1 is 1.42 bits per heavy atom. The second-order valence-electron chi connectivity index (χ2n) is 2.77. The molecule has 5 heteroatoms. The molecule has 1 aliphatic rings. The molecule has 68 valence electrons. The molecular formula is C7H13N3O2. The average Bonchev–Trinajstić information content (AvgIpc) is 2.31. The van der Waals surface area contributed by atoms with Crippen LogP contribution in [0.3, 0.4) is 0 Å². The predicted molar refractivity (Wildman–Crippen MR) is 43.4 cm³/mol. The van der Waals surface area contributed by atoms with Gasteiger partial charge in [0.1, 0.15) is 6.54 Å². The van der Waals surface area contributed by atoms with Crippen LogP contribution in [-0.4, -0.2) is 36.5 Å². The number of hydrogen-bond donors (Lipinski definition) is 2. The second kappa shape index (κ2) is 4.06. The number of rotatable bonds is 4. The van der Waals surface area contributed by atoms with Gasteiger partial charge in [-0.05, 0) is 19.4 Å². The minimum Gasteiger partial charge on any atom is -0.330 e. The van der Waals surface area contributed by atoms with E-state index in [1.165, 1.54) is 4.90 Å². The van der Waals surface area contributed by atoms with Crippen LogP contribution in [-0.2, 0) is 4.79 Å². The second-order valence-corrected chi connectivity index (χ2v) is 2.77. The Kier molecular flexibility index (Phi) is 3.04. The van der Waals surface area contributed by atoms with E-state index in [4.69, 9.17) is 5.73 Å². The molecule has 0 aliphatic carbocycles. The van der Waals surface area contributed by atoms with Crippen LogP contribution in [0.2, 0.25) is 0 Å². The molecule has 0 bridgehead atoms. The molecule has 1 aliphatic heterocycles. The van der Waals surface area contributed by atoms with Gasteiger partial charge in [-0.3, -0.25) is 10.1 Å². The topological polar surface area (TPSA) is 75.4 Å². The number of nitrogens with one attached hydrogen (secondary N) is 1. The van der Waals surface area contributed by atoms with E-state index in [-0.39, 0.29) is 18.5 Å². The van der Waals surface area contributed by atoms with Crippen molar-refractivity contribution in [2.75, 3.05) is 19.6 Å². The maximum atomic E-state index is 10.9. The van der Waals surface area contributed by atoms with Crippen molar-refractivity contribution in [2.24, 2.45) is 5.73 Å². The van der Waals surface area contributed by atoms with Crippen LogP contribution >= 0.6 is 0 Å². The summed E-state index contributed by atoms with van der Waals surface area (Å²) in [7, 11) is 0. The maximum Gasteiger partial charge on any atom is 0.324 e. The third-order valence-corrected chi connectivity index (χ3v) is 1.75. The summed E-state index contributed by atoms with van der Waals surface area (Å²) in [6.07, 6.45) is 1.75. The molecule has 0 aromatic rings. The Balaban J connectivity index is 2.24. The highest BCUT2D eigenvalue weighted by atomic mass is 16.2. The summed E-state index contributed by atoms with van der Waals surface area (Å²) in [5, 5.41) is 2.21. The first-order valence-electron chi connectivity index (χ1n) is 4.03. The zero-order valence-corrected chi connectivity index (χ0v) is 6.88. The number of unbranched alkanes of at least 4 members (excludes halogenated alkanes) is 1. The van der Waals surface area contributed by atoms with E-state index in [1.807, 2.05) is 0 Å². The molecule has 0 saturated carbocycles. The molecule has 0 aromatic carbocycles. The molecule has 1 saturated heterocycles. The standard InChI is InChI=1S/C7H13N3O2/c8-3-1-2-4-10-5-6(11)9-7(10)12/h1-5,8H2,(H,9,11,12). The Labute approximate surface area is 70.9 Å². The molecule has 0 spiro atoms. The van der Waals surface area contributed by atoms with Crippen LogP contribution < -0.4 is 11.1 Å². The van der Waals surface area contributed by atoms with Gasteiger partial charge in [-0.2, -0.15) is 0 Å². The van der Waals surface area contributed by atoms with Crippen LogP contribution in [0.4, 0.5) is 4.79 Å². The van der Waals surface area contributed by atoms with Gasteiger partial charge in [0.25, 0.3) is 0 Å². The molecular weight excluding hydrogens is 158 g/mol. The Morgan fingerprint density at radius 2 is 2.17 bits per heavy atom. The third-order valence-electron chi connectivity index (χ3n) is 1.75. The number of carbonyl (C=O) groups is 2. The first-order valence-corrected chi connectivity index (χ1v) is 4.03. The first kappa shape index (κ1) is 8.99. The molecule has 0 radical (unpaired) electrons. The lowest BCUT2D eigenvalue weighted by molar-refractivity contribution is -0.118. The molecule has 1 fully saturated rings. The SMILES string of the molecule is NCCCCN1CC(=O)NC1=O. The van der Waals surface area contributed by atoms with Crippen molar-refractivity contribution in [1.82, 2.24) is 10.2 Å². The monoisotopic (exact) mass is 171 g/mol. The van der Waals surface area contributed by atoms with Gasteiger partial charge in [0.2, 0.25) is 5.91 Å². The molecule has 12 heavy (non-hydrogen) atoms. The van der Waals surface area contributed by atoms with E-state index in [9.17, 15) is 9.59 Å². The summed E-state index contributed by atoms with van der Waals surface area (Å²) < 4.78 is 0. The summed E-state index contributed by atoms with van der Waals surface area (Å²) in [6, 6.07) is -0.281. The van der Waals surface area contributed by atoms with Crippen molar-refractivity contribution >= 4 is 11.9 Å². The van der Waals surface area contributed by atoms with Crippen molar-refractivity contribution in [3.8, 4) is 0 Å². The highest BCUT2D eigenvalue weighted by Crippen LogP contribution is 2.00. The highest BCUT2D eigenvalue weighted by Gasteiger charge is 2.25. The number of nitrogens with zero attached hydrogens (tertiary/aromatic N) is 1. The van der Waals surface area contributed by atoms with Crippen LogP contribution in [0.5, 0.6) is 0 Å². The maximum absolute atomic E-state index is 10.9. The number of nitrogens with two attached hydrogens (primary N) is 1. The lowest BCUT2D eigenvalue weighted by atomic mass is 10.3. The normalized spacial score (nSPS) is 16.9. The fourth-order valence-corrected chi connectivity index (χ4v) is 1.11.